The molecule has 0 saturated carbocycles. The molecule has 21 heavy (non-hydrogen) atoms. The summed E-state index contributed by atoms with van der Waals surface area (Å²) < 4.78 is 5.05. The van der Waals surface area contributed by atoms with Crippen LogP contribution >= 0.6 is 12.2 Å². The number of nitrogens with one attached hydrogen (secondary N) is 1. The maximum Gasteiger partial charge on any atom is 0.179 e. The van der Waals surface area contributed by atoms with Gasteiger partial charge in [-0.2, -0.15) is 5.10 Å². The Morgan fingerprint density at radius 1 is 1.33 bits per heavy atom. The number of rotatable bonds is 4. The molecule has 1 N–H and O–H groups in total. The first kappa shape index (κ1) is 14.8. The molecule has 0 aliphatic carbocycles. The van der Waals surface area contributed by atoms with Gasteiger partial charge in [0.05, 0.1) is 5.69 Å². The summed E-state index contributed by atoms with van der Waals surface area (Å²) in [6.07, 6.45) is 5.99. The third-order valence-electron chi connectivity index (χ3n) is 4.62. The average Bonchev–Trinajstić information content (AvgIpc) is 2.92. The van der Waals surface area contributed by atoms with E-state index in [1.165, 1.54) is 25.8 Å². The highest BCUT2D eigenvalue weighted by Crippen LogP contribution is 2.22. The SMILES string of the molecule is CCCc1nn(C)c2c1[nH]c(=S)n2CC1CCCCN1C. The molecule has 0 aromatic carbocycles. The minimum atomic E-state index is 0.578. The van der Waals surface area contributed by atoms with Gasteiger partial charge < -0.3 is 14.5 Å². The molecule has 1 aliphatic rings. The minimum absolute atomic E-state index is 0.578. The van der Waals surface area contributed by atoms with Gasteiger partial charge in [0.25, 0.3) is 0 Å². The molecule has 1 aliphatic heterocycles. The summed E-state index contributed by atoms with van der Waals surface area (Å²) in [5.74, 6) is 0. The van der Waals surface area contributed by atoms with Crippen LogP contribution < -0.4 is 0 Å². The standard InChI is InChI=1S/C15H25N5S/c1-4-7-12-13-14(19(3)17-12)20(15(21)16-13)10-11-8-5-6-9-18(11)2/h11H,4-10H2,1-3H3,(H,16,21). The second-order valence-corrected chi connectivity index (χ2v) is 6.58. The predicted molar refractivity (Wildman–Crippen MR) is 88.2 cm³/mol. The molecular formula is C15H25N5S. The van der Waals surface area contributed by atoms with E-state index >= 15 is 0 Å². The fourth-order valence-electron chi connectivity index (χ4n) is 3.44. The molecule has 0 spiro atoms. The van der Waals surface area contributed by atoms with Gasteiger partial charge >= 0.3 is 0 Å². The molecule has 0 amide bonds. The third kappa shape index (κ3) is 2.66. The van der Waals surface area contributed by atoms with Gasteiger partial charge in [-0.3, -0.25) is 4.68 Å². The summed E-state index contributed by atoms with van der Waals surface area (Å²) in [5.41, 5.74) is 3.40. The van der Waals surface area contributed by atoms with E-state index in [0.717, 1.165) is 41.0 Å². The molecule has 116 valence electrons. The lowest BCUT2D eigenvalue weighted by Gasteiger charge is -2.32. The van der Waals surface area contributed by atoms with E-state index in [4.69, 9.17) is 12.2 Å². The van der Waals surface area contributed by atoms with Crippen molar-refractivity contribution in [3.63, 3.8) is 0 Å². The Kier molecular flexibility index (Phi) is 4.17. The van der Waals surface area contributed by atoms with Crippen LogP contribution in [0.4, 0.5) is 0 Å². The molecule has 3 heterocycles. The zero-order chi connectivity index (χ0) is 15.0. The zero-order valence-corrected chi connectivity index (χ0v) is 14.0. The molecule has 1 atom stereocenters. The van der Waals surface area contributed by atoms with E-state index in [9.17, 15) is 0 Å². The van der Waals surface area contributed by atoms with E-state index in [2.05, 4.69) is 33.5 Å². The van der Waals surface area contributed by atoms with Crippen LogP contribution in [0.1, 0.15) is 38.3 Å². The summed E-state index contributed by atoms with van der Waals surface area (Å²) in [5, 5.41) is 4.66. The van der Waals surface area contributed by atoms with Gasteiger partial charge in [-0.15, -0.1) is 0 Å². The predicted octanol–water partition coefficient (Wildman–Crippen LogP) is 2.87. The molecule has 1 saturated heterocycles. The Balaban J connectivity index is 1.98. The van der Waals surface area contributed by atoms with Gasteiger partial charge in [0.2, 0.25) is 0 Å². The molecular weight excluding hydrogens is 282 g/mol. The van der Waals surface area contributed by atoms with Crippen molar-refractivity contribution in [2.24, 2.45) is 7.05 Å². The van der Waals surface area contributed by atoms with Crippen molar-refractivity contribution < 1.29 is 0 Å². The van der Waals surface area contributed by atoms with Crippen molar-refractivity contribution in [1.82, 2.24) is 24.2 Å². The summed E-state index contributed by atoms with van der Waals surface area (Å²) in [6.45, 7) is 4.33. The Bertz CT molecular complexity index is 680. The van der Waals surface area contributed by atoms with Gasteiger partial charge in [0, 0.05) is 19.6 Å². The number of likely N-dealkylation sites (N-methyl/N-ethyl adjacent to an activating group) is 1. The largest absolute Gasteiger partial charge is 0.328 e. The van der Waals surface area contributed by atoms with Gasteiger partial charge in [-0.25, -0.2) is 0 Å². The Morgan fingerprint density at radius 3 is 2.86 bits per heavy atom. The Hall–Kier alpha value is -1.14. The first-order chi connectivity index (χ1) is 10.1. The van der Waals surface area contributed by atoms with Gasteiger partial charge in [-0.05, 0) is 45.1 Å². The normalized spacial score (nSPS) is 20.4. The summed E-state index contributed by atoms with van der Waals surface area (Å²) >= 11 is 5.56. The van der Waals surface area contributed by atoms with Crippen LogP contribution in [0.15, 0.2) is 0 Å². The van der Waals surface area contributed by atoms with Gasteiger partial charge in [-0.1, -0.05) is 19.8 Å². The lowest BCUT2D eigenvalue weighted by molar-refractivity contribution is 0.168. The summed E-state index contributed by atoms with van der Waals surface area (Å²) in [6, 6.07) is 0.578. The number of piperidine rings is 1. The zero-order valence-electron chi connectivity index (χ0n) is 13.2. The van der Waals surface area contributed by atoms with Crippen LogP contribution in [0.3, 0.4) is 0 Å². The van der Waals surface area contributed by atoms with Crippen molar-refractivity contribution in [1.29, 1.82) is 0 Å². The molecule has 1 unspecified atom stereocenters. The minimum Gasteiger partial charge on any atom is -0.328 e. The van der Waals surface area contributed by atoms with E-state index in [0.29, 0.717) is 6.04 Å². The van der Waals surface area contributed by atoms with Gasteiger partial charge in [0.1, 0.15) is 5.52 Å². The quantitative estimate of drug-likeness (QED) is 0.883. The first-order valence-electron chi connectivity index (χ1n) is 7.96. The van der Waals surface area contributed by atoms with Crippen molar-refractivity contribution in [3.8, 4) is 0 Å². The number of imidazole rings is 1. The Morgan fingerprint density at radius 2 is 2.14 bits per heavy atom. The van der Waals surface area contributed by atoms with Crippen molar-refractivity contribution >= 4 is 23.4 Å². The van der Waals surface area contributed by atoms with E-state index in [1.807, 2.05) is 11.7 Å². The molecule has 0 bridgehead atoms. The third-order valence-corrected chi connectivity index (χ3v) is 4.95. The van der Waals surface area contributed by atoms with E-state index in [-0.39, 0.29) is 0 Å². The maximum absolute atomic E-state index is 5.56. The highest BCUT2D eigenvalue weighted by Gasteiger charge is 2.22. The molecule has 3 rings (SSSR count). The molecule has 2 aromatic heterocycles. The molecule has 0 radical (unpaired) electrons. The molecule has 6 heteroatoms. The summed E-state index contributed by atoms with van der Waals surface area (Å²) in [4.78, 5) is 5.85. The van der Waals surface area contributed by atoms with Crippen LogP contribution in [-0.2, 0) is 20.0 Å². The lowest BCUT2D eigenvalue weighted by atomic mass is 10.0. The number of hydrogen-bond donors (Lipinski definition) is 1. The van der Waals surface area contributed by atoms with E-state index < -0.39 is 0 Å². The highest BCUT2D eigenvalue weighted by atomic mass is 32.1. The van der Waals surface area contributed by atoms with Crippen LogP contribution in [0.2, 0.25) is 0 Å². The molecule has 1 fully saturated rings. The number of hydrogen-bond acceptors (Lipinski definition) is 3. The summed E-state index contributed by atoms with van der Waals surface area (Å²) in [7, 11) is 4.24. The topological polar surface area (TPSA) is 41.8 Å². The number of aromatic amines is 1. The van der Waals surface area contributed by atoms with Crippen molar-refractivity contribution in [2.45, 2.75) is 51.6 Å². The fraction of sp³-hybridized carbons (Fsp3) is 0.733. The van der Waals surface area contributed by atoms with Crippen molar-refractivity contribution in [3.05, 3.63) is 10.5 Å². The second kappa shape index (κ2) is 5.93. The Labute approximate surface area is 130 Å². The fourth-order valence-corrected chi connectivity index (χ4v) is 3.71. The second-order valence-electron chi connectivity index (χ2n) is 6.19. The average molecular weight is 307 g/mol. The number of aryl methyl sites for hydroxylation is 2. The number of nitrogens with zero attached hydrogens (tertiary/aromatic N) is 4. The number of fused-ring (bicyclic) bond motifs is 1. The van der Waals surface area contributed by atoms with Crippen LogP contribution in [0.5, 0.6) is 0 Å². The molecule has 2 aromatic rings. The van der Waals surface area contributed by atoms with Crippen LogP contribution in [-0.4, -0.2) is 43.9 Å². The molecule has 5 nitrogen and oxygen atoms in total. The maximum atomic E-state index is 5.56. The van der Waals surface area contributed by atoms with Gasteiger partial charge in [0.15, 0.2) is 10.4 Å². The monoisotopic (exact) mass is 307 g/mol. The number of H-pyrrole nitrogens is 1. The number of aromatic nitrogens is 4. The van der Waals surface area contributed by atoms with Crippen LogP contribution in [0, 0.1) is 4.77 Å². The van der Waals surface area contributed by atoms with Crippen molar-refractivity contribution in [2.75, 3.05) is 13.6 Å². The highest BCUT2D eigenvalue weighted by molar-refractivity contribution is 7.71. The van der Waals surface area contributed by atoms with E-state index in [1.54, 1.807) is 0 Å². The number of likely N-dealkylation sites (tertiary alicyclic amines) is 1. The van der Waals surface area contributed by atoms with Crippen LogP contribution in [0.25, 0.3) is 11.2 Å². The lowest BCUT2D eigenvalue weighted by Crippen LogP contribution is -2.39. The first-order valence-corrected chi connectivity index (χ1v) is 8.37. The smallest absolute Gasteiger partial charge is 0.179 e.